The monoisotopic (exact) mass is 149 g/mol. The highest BCUT2D eigenvalue weighted by atomic mass is 15.1. The van der Waals surface area contributed by atoms with Gasteiger partial charge in [0.1, 0.15) is 0 Å². The van der Waals surface area contributed by atoms with Gasteiger partial charge >= 0.3 is 0 Å². The Morgan fingerprint density at radius 1 is 1.91 bits per heavy atom. The smallest absolute Gasteiger partial charge is 0.0661 e. The molecule has 0 saturated carbocycles. The van der Waals surface area contributed by atoms with E-state index in [4.69, 9.17) is 6.42 Å². The van der Waals surface area contributed by atoms with Crippen LogP contribution in [0.3, 0.4) is 0 Å². The van der Waals surface area contributed by atoms with Crippen molar-refractivity contribution in [2.24, 2.45) is 0 Å². The van der Waals surface area contributed by atoms with Crippen LogP contribution < -0.4 is 5.32 Å². The van der Waals surface area contributed by atoms with Crippen molar-refractivity contribution < 1.29 is 0 Å². The van der Waals surface area contributed by atoms with Crippen LogP contribution in [-0.2, 0) is 6.54 Å². The number of H-pyrrole nitrogens is 1. The van der Waals surface area contributed by atoms with E-state index in [1.165, 1.54) is 0 Å². The molecule has 0 bridgehead atoms. The molecule has 0 spiro atoms. The number of aromatic amines is 1. The molecule has 1 heterocycles. The molecule has 1 aromatic heterocycles. The van der Waals surface area contributed by atoms with Crippen molar-refractivity contribution in [1.82, 2.24) is 15.5 Å². The SMILES string of the molecule is C#CC(C)NCc1ccn[nH]1. The van der Waals surface area contributed by atoms with Crippen molar-refractivity contribution in [3.63, 3.8) is 0 Å². The summed E-state index contributed by atoms with van der Waals surface area (Å²) < 4.78 is 0. The van der Waals surface area contributed by atoms with Crippen LogP contribution in [0.25, 0.3) is 0 Å². The fourth-order valence-corrected chi connectivity index (χ4v) is 0.705. The Morgan fingerprint density at radius 3 is 3.27 bits per heavy atom. The van der Waals surface area contributed by atoms with E-state index in [9.17, 15) is 0 Å². The molecule has 1 atom stereocenters. The van der Waals surface area contributed by atoms with Crippen LogP contribution in [0.5, 0.6) is 0 Å². The molecular formula is C8H11N3. The van der Waals surface area contributed by atoms with Gasteiger partial charge in [0.05, 0.1) is 6.04 Å². The molecule has 0 saturated heterocycles. The summed E-state index contributed by atoms with van der Waals surface area (Å²) in [4.78, 5) is 0. The summed E-state index contributed by atoms with van der Waals surface area (Å²) in [5.41, 5.74) is 1.05. The Hall–Kier alpha value is -1.27. The minimum Gasteiger partial charge on any atom is -0.298 e. The minimum absolute atomic E-state index is 0.110. The van der Waals surface area contributed by atoms with Gasteiger partial charge in [-0.2, -0.15) is 5.10 Å². The summed E-state index contributed by atoms with van der Waals surface area (Å²) in [5, 5.41) is 9.77. The van der Waals surface area contributed by atoms with Gasteiger partial charge in [0.25, 0.3) is 0 Å². The first-order valence-corrected chi connectivity index (χ1v) is 3.50. The maximum absolute atomic E-state index is 5.17. The van der Waals surface area contributed by atoms with Crippen LogP contribution in [0.2, 0.25) is 0 Å². The van der Waals surface area contributed by atoms with E-state index in [0.717, 1.165) is 12.2 Å². The molecule has 0 amide bonds. The van der Waals surface area contributed by atoms with E-state index in [1.54, 1.807) is 6.20 Å². The molecule has 0 aliphatic heterocycles. The van der Waals surface area contributed by atoms with Crippen LogP contribution >= 0.6 is 0 Å². The lowest BCUT2D eigenvalue weighted by molar-refractivity contribution is 0.636. The van der Waals surface area contributed by atoms with E-state index in [2.05, 4.69) is 21.4 Å². The fraction of sp³-hybridized carbons (Fsp3) is 0.375. The van der Waals surface area contributed by atoms with Crippen molar-refractivity contribution in [3.8, 4) is 12.3 Å². The third kappa shape index (κ3) is 2.44. The van der Waals surface area contributed by atoms with Gasteiger partial charge in [-0.15, -0.1) is 6.42 Å². The normalized spacial score (nSPS) is 12.4. The van der Waals surface area contributed by atoms with E-state index in [-0.39, 0.29) is 6.04 Å². The first-order chi connectivity index (χ1) is 5.33. The summed E-state index contributed by atoms with van der Waals surface area (Å²) in [5.74, 6) is 2.58. The molecule has 58 valence electrons. The first-order valence-electron chi connectivity index (χ1n) is 3.50. The molecule has 3 nitrogen and oxygen atoms in total. The standard InChI is InChI=1S/C8H11N3/c1-3-7(2)9-6-8-4-5-10-11-8/h1,4-5,7,9H,6H2,2H3,(H,10,11). The predicted octanol–water partition coefficient (Wildman–Crippen LogP) is 0.521. The third-order valence-corrected chi connectivity index (χ3v) is 1.41. The Kier molecular flexibility index (Phi) is 2.70. The summed E-state index contributed by atoms with van der Waals surface area (Å²) in [6.45, 7) is 2.68. The number of rotatable bonds is 3. The van der Waals surface area contributed by atoms with Crippen molar-refractivity contribution in [1.29, 1.82) is 0 Å². The number of hydrogen-bond acceptors (Lipinski definition) is 2. The number of terminal acetylenes is 1. The molecule has 2 N–H and O–H groups in total. The summed E-state index contributed by atoms with van der Waals surface area (Å²) in [6, 6.07) is 2.02. The van der Waals surface area contributed by atoms with Gasteiger partial charge in [-0.1, -0.05) is 5.92 Å². The minimum atomic E-state index is 0.110. The van der Waals surface area contributed by atoms with Gasteiger partial charge in [-0.25, -0.2) is 0 Å². The van der Waals surface area contributed by atoms with Gasteiger partial charge in [-0.3, -0.25) is 10.4 Å². The molecule has 0 aliphatic carbocycles. The van der Waals surface area contributed by atoms with Gasteiger partial charge in [-0.05, 0) is 13.0 Å². The predicted molar refractivity (Wildman–Crippen MR) is 43.7 cm³/mol. The van der Waals surface area contributed by atoms with E-state index >= 15 is 0 Å². The summed E-state index contributed by atoms with van der Waals surface area (Å²) >= 11 is 0. The lowest BCUT2D eigenvalue weighted by Gasteiger charge is -2.04. The molecule has 11 heavy (non-hydrogen) atoms. The maximum Gasteiger partial charge on any atom is 0.0661 e. The topological polar surface area (TPSA) is 40.7 Å². The van der Waals surface area contributed by atoms with Crippen LogP contribution in [0, 0.1) is 12.3 Å². The Balaban J connectivity index is 2.30. The van der Waals surface area contributed by atoms with Crippen LogP contribution in [0.4, 0.5) is 0 Å². The second kappa shape index (κ2) is 3.79. The number of hydrogen-bond donors (Lipinski definition) is 2. The van der Waals surface area contributed by atoms with Crippen LogP contribution in [0.15, 0.2) is 12.3 Å². The quantitative estimate of drug-likeness (QED) is 0.615. The summed E-state index contributed by atoms with van der Waals surface area (Å²) in [6.07, 6.45) is 6.89. The van der Waals surface area contributed by atoms with Crippen molar-refractivity contribution >= 4 is 0 Å². The van der Waals surface area contributed by atoms with Gasteiger partial charge < -0.3 is 0 Å². The van der Waals surface area contributed by atoms with Crippen LogP contribution in [-0.4, -0.2) is 16.2 Å². The number of aromatic nitrogens is 2. The molecule has 3 heteroatoms. The molecule has 1 aromatic rings. The molecule has 0 fully saturated rings. The maximum atomic E-state index is 5.17. The van der Waals surface area contributed by atoms with E-state index in [1.807, 2.05) is 13.0 Å². The second-order valence-electron chi connectivity index (χ2n) is 2.35. The lowest BCUT2D eigenvalue weighted by atomic mass is 10.3. The molecule has 0 aromatic carbocycles. The Labute approximate surface area is 66.2 Å². The van der Waals surface area contributed by atoms with Gasteiger partial charge in [0.2, 0.25) is 0 Å². The highest BCUT2D eigenvalue weighted by Gasteiger charge is 1.96. The summed E-state index contributed by atoms with van der Waals surface area (Å²) in [7, 11) is 0. The fourth-order valence-electron chi connectivity index (χ4n) is 0.705. The Bertz CT molecular complexity index is 232. The average Bonchev–Trinajstić information content (AvgIpc) is 2.52. The van der Waals surface area contributed by atoms with Crippen molar-refractivity contribution in [2.45, 2.75) is 19.5 Å². The molecule has 0 aliphatic rings. The average molecular weight is 149 g/mol. The van der Waals surface area contributed by atoms with Crippen LogP contribution in [0.1, 0.15) is 12.6 Å². The molecule has 1 rings (SSSR count). The van der Waals surface area contributed by atoms with Crippen molar-refractivity contribution in [3.05, 3.63) is 18.0 Å². The molecule has 1 unspecified atom stereocenters. The van der Waals surface area contributed by atoms with Gasteiger partial charge in [0, 0.05) is 18.4 Å². The van der Waals surface area contributed by atoms with Gasteiger partial charge in [0.15, 0.2) is 0 Å². The first kappa shape index (κ1) is 7.83. The Morgan fingerprint density at radius 2 is 2.73 bits per heavy atom. The lowest BCUT2D eigenvalue weighted by Crippen LogP contribution is -2.23. The second-order valence-corrected chi connectivity index (χ2v) is 2.35. The highest BCUT2D eigenvalue weighted by Crippen LogP contribution is 1.90. The zero-order valence-electron chi connectivity index (χ0n) is 6.46. The number of nitrogens with zero attached hydrogens (tertiary/aromatic N) is 1. The molecule has 0 radical (unpaired) electrons. The zero-order valence-corrected chi connectivity index (χ0v) is 6.46. The van der Waals surface area contributed by atoms with E-state index < -0.39 is 0 Å². The highest BCUT2D eigenvalue weighted by molar-refractivity contribution is 5.00. The third-order valence-electron chi connectivity index (χ3n) is 1.41. The largest absolute Gasteiger partial charge is 0.298 e. The zero-order chi connectivity index (χ0) is 8.10. The molecular weight excluding hydrogens is 138 g/mol. The van der Waals surface area contributed by atoms with Crippen molar-refractivity contribution in [2.75, 3.05) is 0 Å². The number of nitrogens with one attached hydrogen (secondary N) is 2. The van der Waals surface area contributed by atoms with E-state index in [0.29, 0.717) is 0 Å².